The number of nitrogens with one attached hydrogen (secondary N) is 1. The van der Waals surface area contributed by atoms with Gasteiger partial charge in [-0.2, -0.15) is 0 Å². The molecule has 4 rings (SSSR count). The maximum atomic E-state index is 12.3. The number of nitrogens with zero attached hydrogens (tertiary/aromatic N) is 3. The van der Waals surface area contributed by atoms with Crippen LogP contribution in [0.2, 0.25) is 0 Å². The van der Waals surface area contributed by atoms with Crippen molar-refractivity contribution >= 4 is 16.9 Å². The summed E-state index contributed by atoms with van der Waals surface area (Å²) >= 11 is 0. The Labute approximate surface area is 163 Å². The molecule has 0 aliphatic heterocycles. The fraction of sp³-hybridized carbons (Fsp3) is 0.0870. The van der Waals surface area contributed by atoms with Crippen molar-refractivity contribution < 1.29 is 4.79 Å². The molecular weight excluding hydrogens is 348 g/mol. The normalized spacial score (nSPS) is 11.0. The van der Waals surface area contributed by atoms with Crippen molar-refractivity contribution in [2.75, 3.05) is 14.1 Å². The van der Waals surface area contributed by atoms with Gasteiger partial charge >= 0.3 is 0 Å². The van der Waals surface area contributed by atoms with Gasteiger partial charge in [-0.1, -0.05) is 60.7 Å². The van der Waals surface area contributed by atoms with Crippen molar-refractivity contribution in [3.8, 4) is 22.5 Å². The van der Waals surface area contributed by atoms with Crippen molar-refractivity contribution in [1.82, 2.24) is 20.4 Å². The summed E-state index contributed by atoms with van der Waals surface area (Å²) in [6.45, 7) is 0. The number of rotatable bonds is 4. The summed E-state index contributed by atoms with van der Waals surface area (Å²) < 4.78 is 0. The number of carbonyl (C=O) groups excluding carboxylic acids is 1. The first kappa shape index (κ1) is 17.8. The Balaban J connectivity index is 1.90. The predicted octanol–water partition coefficient (Wildman–Crippen LogP) is 4.17. The van der Waals surface area contributed by atoms with Crippen LogP contribution >= 0.6 is 0 Å². The molecule has 0 aliphatic carbocycles. The molecule has 0 radical (unpaired) electrons. The largest absolute Gasteiger partial charge is 0.285 e. The standard InChI is InChI=1S/C23H20N4O/c1-27(2)26-23(28)18-13-14-19-20(15-18)25-22(17-11-7-4-8-12-17)21(24-19)16-9-5-3-6-10-16/h3-15H,1-2H3,(H,26,28). The van der Waals surface area contributed by atoms with E-state index in [1.165, 1.54) is 0 Å². The average Bonchev–Trinajstić information content (AvgIpc) is 2.73. The molecule has 0 spiro atoms. The Kier molecular flexibility index (Phi) is 4.83. The van der Waals surface area contributed by atoms with Crippen molar-refractivity contribution in [2.24, 2.45) is 0 Å². The van der Waals surface area contributed by atoms with E-state index in [1.807, 2.05) is 66.7 Å². The molecule has 0 fully saturated rings. The van der Waals surface area contributed by atoms with Crippen molar-refractivity contribution in [3.63, 3.8) is 0 Å². The number of hydrazine groups is 1. The number of amides is 1. The number of hydrogen-bond donors (Lipinski definition) is 1. The zero-order valence-corrected chi connectivity index (χ0v) is 15.8. The Morgan fingerprint density at radius 3 is 1.82 bits per heavy atom. The quantitative estimate of drug-likeness (QED) is 0.549. The number of aromatic nitrogens is 2. The lowest BCUT2D eigenvalue weighted by Gasteiger charge is -2.13. The third-order valence-electron chi connectivity index (χ3n) is 4.35. The molecule has 0 aliphatic rings. The third-order valence-corrected chi connectivity index (χ3v) is 4.35. The number of hydrogen-bond acceptors (Lipinski definition) is 4. The van der Waals surface area contributed by atoms with Gasteiger partial charge in [0.05, 0.1) is 22.4 Å². The molecule has 1 heterocycles. The Morgan fingerprint density at radius 2 is 1.29 bits per heavy atom. The highest BCUT2D eigenvalue weighted by atomic mass is 16.2. The first-order valence-corrected chi connectivity index (χ1v) is 9.03. The van der Waals surface area contributed by atoms with E-state index in [2.05, 4.69) is 5.43 Å². The van der Waals surface area contributed by atoms with Crippen LogP contribution in [0.3, 0.4) is 0 Å². The molecule has 1 aromatic heterocycles. The minimum Gasteiger partial charge on any atom is -0.285 e. The Morgan fingerprint density at radius 1 is 0.750 bits per heavy atom. The van der Waals surface area contributed by atoms with Crippen LogP contribution in [-0.4, -0.2) is 35.0 Å². The summed E-state index contributed by atoms with van der Waals surface area (Å²) in [4.78, 5) is 22.1. The van der Waals surface area contributed by atoms with E-state index >= 15 is 0 Å². The van der Waals surface area contributed by atoms with Gasteiger partial charge < -0.3 is 0 Å². The number of fused-ring (bicyclic) bond motifs is 1. The fourth-order valence-electron chi connectivity index (χ4n) is 3.06. The predicted molar refractivity (Wildman–Crippen MR) is 112 cm³/mol. The molecule has 138 valence electrons. The highest BCUT2D eigenvalue weighted by molar-refractivity contribution is 5.97. The number of benzene rings is 3. The van der Waals surface area contributed by atoms with Crippen LogP contribution < -0.4 is 5.43 Å². The summed E-state index contributed by atoms with van der Waals surface area (Å²) in [7, 11) is 3.55. The van der Waals surface area contributed by atoms with Gasteiger partial charge in [-0.15, -0.1) is 0 Å². The second-order valence-corrected chi connectivity index (χ2v) is 6.69. The molecule has 0 bridgehead atoms. The van der Waals surface area contributed by atoms with Crippen LogP contribution in [0.5, 0.6) is 0 Å². The van der Waals surface area contributed by atoms with Crippen LogP contribution in [0.15, 0.2) is 78.9 Å². The van der Waals surface area contributed by atoms with E-state index in [1.54, 1.807) is 31.2 Å². The molecular formula is C23H20N4O. The van der Waals surface area contributed by atoms with Crippen molar-refractivity contribution in [3.05, 3.63) is 84.4 Å². The maximum absolute atomic E-state index is 12.3. The van der Waals surface area contributed by atoms with Crippen LogP contribution in [0, 0.1) is 0 Å². The highest BCUT2D eigenvalue weighted by Gasteiger charge is 2.14. The molecule has 3 aromatic carbocycles. The van der Waals surface area contributed by atoms with Gasteiger partial charge in [0.15, 0.2) is 0 Å². The summed E-state index contributed by atoms with van der Waals surface area (Å²) in [5.41, 5.74) is 8.34. The van der Waals surface area contributed by atoms with Gasteiger partial charge in [0, 0.05) is 30.8 Å². The third kappa shape index (κ3) is 3.61. The molecule has 4 aromatic rings. The molecule has 5 heteroatoms. The van der Waals surface area contributed by atoms with E-state index in [9.17, 15) is 4.79 Å². The van der Waals surface area contributed by atoms with E-state index in [0.29, 0.717) is 11.1 Å². The molecule has 0 unspecified atom stereocenters. The van der Waals surface area contributed by atoms with Gasteiger partial charge in [0.2, 0.25) is 0 Å². The van der Waals surface area contributed by atoms with E-state index in [-0.39, 0.29) is 5.91 Å². The van der Waals surface area contributed by atoms with E-state index in [4.69, 9.17) is 9.97 Å². The van der Waals surface area contributed by atoms with E-state index < -0.39 is 0 Å². The number of carbonyl (C=O) groups is 1. The molecule has 28 heavy (non-hydrogen) atoms. The Bertz CT molecular complexity index is 1130. The summed E-state index contributed by atoms with van der Waals surface area (Å²) in [6.07, 6.45) is 0. The summed E-state index contributed by atoms with van der Waals surface area (Å²) in [5.74, 6) is -0.179. The topological polar surface area (TPSA) is 58.1 Å². The zero-order chi connectivity index (χ0) is 19.5. The average molecular weight is 368 g/mol. The highest BCUT2D eigenvalue weighted by Crippen LogP contribution is 2.31. The van der Waals surface area contributed by atoms with Crippen molar-refractivity contribution in [2.45, 2.75) is 0 Å². The lowest BCUT2D eigenvalue weighted by molar-refractivity contribution is 0.0857. The van der Waals surface area contributed by atoms with Crippen LogP contribution in [0.4, 0.5) is 0 Å². The molecule has 5 nitrogen and oxygen atoms in total. The van der Waals surface area contributed by atoms with Crippen LogP contribution in [0.1, 0.15) is 10.4 Å². The first-order chi connectivity index (χ1) is 13.6. The van der Waals surface area contributed by atoms with Crippen LogP contribution in [0.25, 0.3) is 33.5 Å². The maximum Gasteiger partial charge on any atom is 0.265 e. The van der Waals surface area contributed by atoms with Gasteiger partial charge in [0.1, 0.15) is 0 Å². The van der Waals surface area contributed by atoms with Crippen molar-refractivity contribution in [1.29, 1.82) is 0 Å². The molecule has 0 saturated carbocycles. The minimum absolute atomic E-state index is 0.179. The zero-order valence-electron chi connectivity index (χ0n) is 15.8. The Hall–Kier alpha value is -3.57. The second-order valence-electron chi connectivity index (χ2n) is 6.69. The van der Waals surface area contributed by atoms with Gasteiger partial charge in [0.25, 0.3) is 5.91 Å². The van der Waals surface area contributed by atoms with E-state index in [0.717, 1.165) is 28.0 Å². The lowest BCUT2D eigenvalue weighted by atomic mass is 10.0. The molecule has 1 amide bonds. The van der Waals surface area contributed by atoms with Gasteiger partial charge in [-0.3, -0.25) is 10.2 Å². The smallest absolute Gasteiger partial charge is 0.265 e. The lowest BCUT2D eigenvalue weighted by Crippen LogP contribution is -2.36. The summed E-state index contributed by atoms with van der Waals surface area (Å²) in [5, 5.41) is 1.62. The van der Waals surface area contributed by atoms with Gasteiger partial charge in [-0.05, 0) is 18.2 Å². The van der Waals surface area contributed by atoms with Crippen LogP contribution in [-0.2, 0) is 0 Å². The fourth-order valence-corrected chi connectivity index (χ4v) is 3.06. The molecule has 1 N–H and O–H groups in total. The monoisotopic (exact) mass is 368 g/mol. The first-order valence-electron chi connectivity index (χ1n) is 9.03. The molecule has 0 saturated heterocycles. The summed E-state index contributed by atoms with van der Waals surface area (Å²) in [6, 6.07) is 25.4. The SMILES string of the molecule is CN(C)NC(=O)c1ccc2nc(-c3ccccc3)c(-c3ccccc3)nc2c1. The minimum atomic E-state index is -0.179. The molecule has 0 atom stereocenters. The second kappa shape index (κ2) is 7.58. The van der Waals surface area contributed by atoms with Gasteiger partial charge in [-0.25, -0.2) is 15.0 Å².